The molecule has 1 aromatic rings. The Hall–Kier alpha value is -1.95. The van der Waals surface area contributed by atoms with Crippen LogP contribution in [0.2, 0.25) is 0 Å². The van der Waals surface area contributed by atoms with E-state index < -0.39 is 18.3 Å². The minimum atomic E-state index is -0.631. The summed E-state index contributed by atoms with van der Waals surface area (Å²) in [6.45, 7) is 0. The van der Waals surface area contributed by atoms with Gasteiger partial charge >= 0.3 is 0 Å². The summed E-state index contributed by atoms with van der Waals surface area (Å²) in [5, 5.41) is 39.4. The normalized spacial score (nSPS) is 24.1. The second-order valence-corrected chi connectivity index (χ2v) is 8.22. The van der Waals surface area contributed by atoms with E-state index in [0.29, 0.717) is 25.7 Å². The molecule has 30 heavy (non-hydrogen) atoms. The molecule has 6 heteroatoms. The van der Waals surface area contributed by atoms with Crippen molar-refractivity contribution in [3.05, 3.63) is 47.7 Å². The van der Waals surface area contributed by atoms with Gasteiger partial charge in [-0.15, -0.1) is 5.73 Å². The Bertz CT molecular complexity index is 686. The maximum atomic E-state index is 11.0. The fourth-order valence-corrected chi connectivity index (χ4v) is 4.31. The summed E-state index contributed by atoms with van der Waals surface area (Å²) in [6.07, 6.45) is 8.00. The molecule has 1 aliphatic rings. The lowest BCUT2D eigenvalue weighted by Crippen LogP contribution is -2.23. The quantitative estimate of drug-likeness (QED) is 0.155. The van der Waals surface area contributed by atoms with Gasteiger partial charge in [-0.3, -0.25) is 10.0 Å². The van der Waals surface area contributed by atoms with Crippen LogP contribution in [0.4, 0.5) is 0 Å². The first-order valence-electron chi connectivity index (χ1n) is 11.0. The number of unbranched alkanes of at least 4 members (excludes halogenated alkanes) is 3. The van der Waals surface area contributed by atoms with Gasteiger partial charge in [0.2, 0.25) is 5.91 Å². The Morgan fingerprint density at radius 3 is 2.43 bits per heavy atom. The largest absolute Gasteiger partial charge is 0.393 e. The topological polar surface area (TPSA) is 110 Å². The van der Waals surface area contributed by atoms with E-state index in [4.69, 9.17) is 5.21 Å². The average molecular weight is 418 g/mol. The molecule has 2 unspecified atom stereocenters. The number of hydrogen-bond donors (Lipinski definition) is 5. The molecule has 0 radical (unpaired) electrons. The number of amides is 1. The molecule has 1 amide bonds. The second kappa shape index (κ2) is 13.4. The molecule has 0 aliphatic heterocycles. The molecule has 2 rings (SSSR count). The molecule has 1 saturated carbocycles. The van der Waals surface area contributed by atoms with Crippen molar-refractivity contribution in [3.8, 4) is 0 Å². The van der Waals surface area contributed by atoms with E-state index >= 15 is 0 Å². The van der Waals surface area contributed by atoms with Crippen LogP contribution >= 0.6 is 0 Å². The fourth-order valence-electron chi connectivity index (χ4n) is 4.31. The zero-order valence-corrected chi connectivity index (χ0v) is 17.5. The van der Waals surface area contributed by atoms with Crippen LogP contribution < -0.4 is 5.48 Å². The summed E-state index contributed by atoms with van der Waals surface area (Å²) in [4.78, 5) is 11.0. The molecule has 1 aromatic carbocycles. The number of carbonyl (C=O) groups excluding carboxylic acids is 1. The molecule has 1 aliphatic carbocycles. The summed E-state index contributed by atoms with van der Waals surface area (Å²) in [5.41, 5.74) is 5.67. The van der Waals surface area contributed by atoms with Crippen molar-refractivity contribution in [2.45, 2.75) is 76.1 Å². The smallest absolute Gasteiger partial charge is 0.243 e. The van der Waals surface area contributed by atoms with Crippen LogP contribution in [0.3, 0.4) is 0 Å². The highest BCUT2D eigenvalue weighted by Gasteiger charge is 2.40. The SMILES string of the molecule is O=C(CCCCCCC1[C@@H](CCC(O)C=C=Cc2ccccc2)[C@H](O)C[C@@H]1O)NO. The molecule has 1 fully saturated rings. The van der Waals surface area contributed by atoms with Gasteiger partial charge in [0.05, 0.1) is 18.3 Å². The van der Waals surface area contributed by atoms with Crippen LogP contribution in [0, 0.1) is 11.8 Å². The zero-order valence-electron chi connectivity index (χ0n) is 17.5. The molecule has 0 heterocycles. The standard InChI is InChI=1S/C24H35NO5/c26-19(12-8-11-18-9-4-3-5-10-18)15-16-21-20(22(27)17-23(21)28)13-6-1-2-7-14-24(29)25-30/h3-5,9-12,19-23,26-28,30H,1-2,6-7,13-17H2,(H,25,29)/t8?,19?,20?,21-,22+,23-/m1/s1. The number of nitrogens with one attached hydrogen (secondary N) is 1. The van der Waals surface area contributed by atoms with Crippen molar-refractivity contribution in [2.75, 3.05) is 0 Å². The first kappa shape index (κ1) is 24.3. The van der Waals surface area contributed by atoms with Crippen molar-refractivity contribution in [1.82, 2.24) is 5.48 Å². The monoisotopic (exact) mass is 417 g/mol. The number of carbonyl (C=O) groups is 1. The van der Waals surface area contributed by atoms with Crippen molar-refractivity contribution in [2.24, 2.45) is 11.8 Å². The van der Waals surface area contributed by atoms with Gasteiger partial charge in [-0.1, -0.05) is 49.6 Å². The number of aliphatic hydroxyl groups excluding tert-OH is 3. The molecule has 0 spiro atoms. The van der Waals surface area contributed by atoms with Gasteiger partial charge < -0.3 is 15.3 Å². The predicted octanol–water partition coefficient (Wildman–Crippen LogP) is 3.20. The molecule has 6 nitrogen and oxygen atoms in total. The summed E-state index contributed by atoms with van der Waals surface area (Å²) in [7, 11) is 0. The third kappa shape index (κ3) is 8.42. The third-order valence-electron chi connectivity index (χ3n) is 5.97. The number of rotatable bonds is 12. The fraction of sp³-hybridized carbons (Fsp3) is 0.583. The van der Waals surface area contributed by atoms with E-state index in [-0.39, 0.29) is 17.7 Å². The second-order valence-electron chi connectivity index (χ2n) is 8.22. The highest BCUT2D eigenvalue weighted by Crippen LogP contribution is 2.39. The van der Waals surface area contributed by atoms with Gasteiger partial charge in [0.1, 0.15) is 0 Å². The van der Waals surface area contributed by atoms with Crippen molar-refractivity contribution in [1.29, 1.82) is 0 Å². The van der Waals surface area contributed by atoms with Crippen molar-refractivity contribution < 1.29 is 25.3 Å². The Labute approximate surface area is 178 Å². The van der Waals surface area contributed by atoms with Gasteiger partial charge in [-0.2, -0.15) is 0 Å². The van der Waals surface area contributed by atoms with Crippen LogP contribution in [0.25, 0.3) is 6.08 Å². The maximum Gasteiger partial charge on any atom is 0.243 e. The molecule has 5 atom stereocenters. The zero-order chi connectivity index (χ0) is 21.8. The Morgan fingerprint density at radius 1 is 1.07 bits per heavy atom. The molecule has 0 bridgehead atoms. The van der Waals surface area contributed by atoms with E-state index in [0.717, 1.165) is 37.7 Å². The van der Waals surface area contributed by atoms with Crippen LogP contribution in [0.1, 0.15) is 63.4 Å². The number of aliphatic hydroxyl groups is 3. The van der Waals surface area contributed by atoms with E-state index in [1.807, 2.05) is 36.4 Å². The highest BCUT2D eigenvalue weighted by molar-refractivity contribution is 5.74. The molecule has 5 N–H and O–H groups in total. The lowest BCUT2D eigenvalue weighted by atomic mass is 9.85. The minimum absolute atomic E-state index is 0.0127. The average Bonchev–Trinajstić information content (AvgIpc) is 3.01. The Morgan fingerprint density at radius 2 is 1.73 bits per heavy atom. The lowest BCUT2D eigenvalue weighted by molar-refractivity contribution is -0.129. The molecule has 0 saturated heterocycles. The summed E-state index contributed by atoms with van der Waals surface area (Å²) in [5.74, 6) is -0.339. The van der Waals surface area contributed by atoms with Gasteiger partial charge in [-0.05, 0) is 61.7 Å². The van der Waals surface area contributed by atoms with Gasteiger partial charge in [0.25, 0.3) is 0 Å². The van der Waals surface area contributed by atoms with Crippen LogP contribution in [0.15, 0.2) is 42.1 Å². The van der Waals surface area contributed by atoms with E-state index in [1.165, 1.54) is 0 Å². The van der Waals surface area contributed by atoms with Crippen molar-refractivity contribution >= 4 is 12.0 Å². The predicted molar refractivity (Wildman–Crippen MR) is 115 cm³/mol. The van der Waals surface area contributed by atoms with E-state index in [9.17, 15) is 20.1 Å². The van der Waals surface area contributed by atoms with E-state index in [2.05, 4.69) is 5.73 Å². The summed E-state index contributed by atoms with van der Waals surface area (Å²) >= 11 is 0. The minimum Gasteiger partial charge on any atom is -0.393 e. The number of hydrogen-bond acceptors (Lipinski definition) is 5. The maximum absolute atomic E-state index is 11.0. The van der Waals surface area contributed by atoms with Gasteiger partial charge in [0, 0.05) is 6.42 Å². The lowest BCUT2D eigenvalue weighted by Gasteiger charge is -2.24. The first-order chi connectivity index (χ1) is 14.5. The number of benzene rings is 1. The molecule has 0 aromatic heterocycles. The summed E-state index contributed by atoms with van der Waals surface area (Å²) in [6, 6.07) is 9.78. The van der Waals surface area contributed by atoms with Gasteiger partial charge in [-0.25, -0.2) is 5.48 Å². The molecular formula is C24H35NO5. The van der Waals surface area contributed by atoms with E-state index in [1.54, 1.807) is 11.6 Å². The molecule has 166 valence electrons. The Kier molecular flexibility index (Phi) is 10.8. The highest BCUT2D eigenvalue weighted by atomic mass is 16.5. The third-order valence-corrected chi connectivity index (χ3v) is 5.97. The van der Waals surface area contributed by atoms with Crippen molar-refractivity contribution in [3.63, 3.8) is 0 Å². The van der Waals surface area contributed by atoms with Crippen LogP contribution in [0.5, 0.6) is 0 Å². The first-order valence-corrected chi connectivity index (χ1v) is 11.0. The number of hydroxylamine groups is 1. The van der Waals surface area contributed by atoms with Gasteiger partial charge in [0.15, 0.2) is 0 Å². The summed E-state index contributed by atoms with van der Waals surface area (Å²) < 4.78 is 0. The molecular weight excluding hydrogens is 382 g/mol. The Balaban J connectivity index is 1.74. The van der Waals surface area contributed by atoms with Crippen LogP contribution in [-0.2, 0) is 4.79 Å². The van der Waals surface area contributed by atoms with Crippen LogP contribution in [-0.4, -0.2) is 44.7 Å².